The highest BCUT2D eigenvalue weighted by molar-refractivity contribution is 9.11. The lowest BCUT2D eigenvalue weighted by Gasteiger charge is -2.08. The van der Waals surface area contributed by atoms with Crippen LogP contribution < -0.4 is 4.74 Å². The molecule has 98 valence electrons. The Kier molecular flexibility index (Phi) is 4.59. The van der Waals surface area contributed by atoms with Crippen molar-refractivity contribution < 1.29 is 9.66 Å². The molecule has 0 saturated carbocycles. The van der Waals surface area contributed by atoms with Gasteiger partial charge in [0.1, 0.15) is 5.75 Å². The van der Waals surface area contributed by atoms with Crippen LogP contribution in [0.2, 0.25) is 0 Å². The maximum atomic E-state index is 11.0. The molecule has 4 nitrogen and oxygen atoms in total. The second kappa shape index (κ2) is 6.02. The van der Waals surface area contributed by atoms with Gasteiger partial charge in [0.15, 0.2) is 0 Å². The lowest BCUT2D eigenvalue weighted by atomic mass is 10.3. The third-order valence-corrected chi connectivity index (χ3v) is 3.84. The van der Waals surface area contributed by atoms with Gasteiger partial charge >= 0.3 is 5.69 Å². The molecule has 0 spiro atoms. The molecule has 0 saturated heterocycles. The highest BCUT2D eigenvalue weighted by Gasteiger charge is 2.17. The molecule has 0 N–H and O–H groups in total. The number of nitro groups is 1. The maximum absolute atomic E-state index is 11.0. The zero-order valence-corrected chi connectivity index (χ0v) is 14.0. The Bertz CT molecular complexity index is 646. The Morgan fingerprint density at radius 1 is 0.947 bits per heavy atom. The molecule has 0 fully saturated rings. The number of hydrogen-bond acceptors (Lipinski definition) is 3. The van der Waals surface area contributed by atoms with Crippen LogP contribution in [0.25, 0.3) is 0 Å². The van der Waals surface area contributed by atoms with Gasteiger partial charge in [-0.25, -0.2) is 0 Å². The minimum atomic E-state index is -0.479. The summed E-state index contributed by atoms with van der Waals surface area (Å²) in [5.74, 6) is 0.699. The molecule has 0 aliphatic heterocycles. The van der Waals surface area contributed by atoms with Crippen molar-refractivity contribution in [3.05, 3.63) is 59.9 Å². The summed E-state index contributed by atoms with van der Waals surface area (Å²) in [5.41, 5.74) is -0.0933. The van der Waals surface area contributed by atoms with E-state index in [0.29, 0.717) is 14.7 Å². The summed E-state index contributed by atoms with van der Waals surface area (Å²) >= 11 is 9.87. The fourth-order valence-electron chi connectivity index (χ4n) is 1.40. The van der Waals surface area contributed by atoms with E-state index in [9.17, 15) is 10.1 Å². The van der Waals surface area contributed by atoms with Crippen LogP contribution in [-0.2, 0) is 0 Å². The number of nitro benzene ring substituents is 1. The molecule has 7 heteroatoms. The second-order valence-electron chi connectivity index (χ2n) is 3.55. The van der Waals surface area contributed by atoms with Crippen LogP contribution in [0, 0.1) is 10.1 Å². The molecule has 0 unspecified atom stereocenters. The summed E-state index contributed by atoms with van der Waals surface area (Å²) in [6, 6.07) is 9.97. The minimum Gasteiger partial charge on any atom is -0.449 e. The zero-order valence-electron chi connectivity index (χ0n) is 9.27. The largest absolute Gasteiger partial charge is 0.449 e. The van der Waals surface area contributed by atoms with Crippen molar-refractivity contribution in [1.82, 2.24) is 0 Å². The van der Waals surface area contributed by atoms with Gasteiger partial charge in [0.05, 0.1) is 9.40 Å². The summed E-state index contributed by atoms with van der Waals surface area (Å²) < 4.78 is 7.80. The summed E-state index contributed by atoms with van der Waals surface area (Å²) in [7, 11) is 0. The molecule has 0 radical (unpaired) electrons. The molecule has 0 aliphatic rings. The predicted molar refractivity (Wildman–Crippen MR) is 82.7 cm³/mol. The Balaban J connectivity index is 2.40. The van der Waals surface area contributed by atoms with E-state index < -0.39 is 4.92 Å². The van der Waals surface area contributed by atoms with Crippen molar-refractivity contribution in [3.8, 4) is 11.5 Å². The van der Waals surface area contributed by atoms with Gasteiger partial charge in [-0.3, -0.25) is 10.1 Å². The molecule has 0 aliphatic carbocycles. The first-order valence-electron chi connectivity index (χ1n) is 5.04. The van der Waals surface area contributed by atoms with Crippen LogP contribution >= 0.6 is 47.8 Å². The van der Waals surface area contributed by atoms with Crippen molar-refractivity contribution in [3.63, 3.8) is 0 Å². The van der Waals surface area contributed by atoms with Crippen LogP contribution in [0.1, 0.15) is 0 Å². The third kappa shape index (κ3) is 3.55. The fourth-order valence-corrected chi connectivity index (χ4v) is 2.87. The van der Waals surface area contributed by atoms with Crippen molar-refractivity contribution >= 4 is 53.5 Å². The lowest BCUT2D eigenvalue weighted by Crippen LogP contribution is -1.94. The summed E-state index contributed by atoms with van der Waals surface area (Å²) in [4.78, 5) is 10.5. The molecular formula is C12H6Br3NO3. The number of benzene rings is 2. The first-order valence-corrected chi connectivity index (χ1v) is 7.42. The molecular weight excluding hydrogens is 446 g/mol. The number of nitrogens with zero attached hydrogens (tertiary/aromatic N) is 1. The van der Waals surface area contributed by atoms with E-state index in [1.165, 1.54) is 6.07 Å². The van der Waals surface area contributed by atoms with E-state index >= 15 is 0 Å². The summed E-state index contributed by atoms with van der Waals surface area (Å²) in [5, 5.41) is 11.0. The Morgan fingerprint density at radius 2 is 1.53 bits per heavy atom. The quantitative estimate of drug-likeness (QED) is 0.446. The van der Waals surface area contributed by atoms with E-state index in [2.05, 4.69) is 47.8 Å². The molecule has 0 aromatic heterocycles. The number of halogens is 3. The van der Waals surface area contributed by atoms with Crippen LogP contribution in [0.4, 0.5) is 5.69 Å². The molecule has 0 amide bonds. The molecule has 19 heavy (non-hydrogen) atoms. The number of hydrogen-bond donors (Lipinski definition) is 0. The molecule has 0 bridgehead atoms. The lowest BCUT2D eigenvalue weighted by molar-refractivity contribution is -0.385. The standard InChI is InChI=1S/C12H6Br3NO3/c13-7-1-3-11(9(15)5-7)19-12-4-2-8(14)6-10(12)16(17)18/h1-6H. The average molecular weight is 452 g/mol. The van der Waals surface area contributed by atoms with Crippen LogP contribution in [0.5, 0.6) is 11.5 Å². The Hall–Kier alpha value is -0.920. The van der Waals surface area contributed by atoms with E-state index in [4.69, 9.17) is 4.74 Å². The van der Waals surface area contributed by atoms with Crippen molar-refractivity contribution in [2.75, 3.05) is 0 Å². The molecule has 0 atom stereocenters. The fraction of sp³-hybridized carbons (Fsp3) is 0. The maximum Gasteiger partial charge on any atom is 0.312 e. The van der Waals surface area contributed by atoms with Gasteiger partial charge in [0, 0.05) is 15.0 Å². The summed E-state index contributed by atoms with van der Waals surface area (Å²) in [6.07, 6.45) is 0. The topological polar surface area (TPSA) is 52.4 Å². The van der Waals surface area contributed by atoms with Gasteiger partial charge in [-0.05, 0) is 46.3 Å². The van der Waals surface area contributed by atoms with Gasteiger partial charge in [-0.15, -0.1) is 0 Å². The Morgan fingerprint density at radius 3 is 2.11 bits per heavy atom. The van der Waals surface area contributed by atoms with Gasteiger partial charge in [-0.1, -0.05) is 31.9 Å². The van der Waals surface area contributed by atoms with Crippen LogP contribution in [0.15, 0.2) is 49.8 Å². The van der Waals surface area contributed by atoms with E-state index in [1.54, 1.807) is 30.3 Å². The SMILES string of the molecule is O=[N+]([O-])c1cc(Br)ccc1Oc1ccc(Br)cc1Br. The monoisotopic (exact) mass is 449 g/mol. The molecule has 0 heterocycles. The van der Waals surface area contributed by atoms with Crippen molar-refractivity contribution in [2.45, 2.75) is 0 Å². The van der Waals surface area contributed by atoms with Gasteiger partial charge in [-0.2, -0.15) is 0 Å². The third-order valence-electron chi connectivity index (χ3n) is 2.23. The predicted octanol–water partition coefficient (Wildman–Crippen LogP) is 5.67. The zero-order chi connectivity index (χ0) is 14.0. The highest BCUT2D eigenvalue weighted by Crippen LogP contribution is 2.37. The van der Waals surface area contributed by atoms with Crippen LogP contribution in [0.3, 0.4) is 0 Å². The van der Waals surface area contributed by atoms with Gasteiger partial charge in [0.2, 0.25) is 5.75 Å². The minimum absolute atomic E-state index is 0.0933. The van der Waals surface area contributed by atoms with E-state index in [0.717, 1.165) is 4.47 Å². The highest BCUT2D eigenvalue weighted by atomic mass is 79.9. The van der Waals surface area contributed by atoms with Gasteiger partial charge in [0.25, 0.3) is 0 Å². The Labute approximate surface area is 134 Å². The normalized spacial score (nSPS) is 10.3. The average Bonchev–Trinajstić information content (AvgIpc) is 2.34. The number of ether oxygens (including phenoxy) is 1. The molecule has 2 aromatic rings. The summed E-state index contributed by atoms with van der Waals surface area (Å²) in [6.45, 7) is 0. The van der Waals surface area contributed by atoms with Crippen molar-refractivity contribution in [1.29, 1.82) is 0 Å². The van der Waals surface area contributed by atoms with Gasteiger partial charge < -0.3 is 4.74 Å². The van der Waals surface area contributed by atoms with Crippen LogP contribution in [-0.4, -0.2) is 4.92 Å². The number of rotatable bonds is 3. The van der Waals surface area contributed by atoms with E-state index in [-0.39, 0.29) is 11.4 Å². The van der Waals surface area contributed by atoms with E-state index in [1.807, 2.05) is 0 Å². The second-order valence-corrected chi connectivity index (χ2v) is 6.23. The smallest absolute Gasteiger partial charge is 0.312 e. The first kappa shape index (κ1) is 14.5. The first-order chi connectivity index (χ1) is 8.97. The van der Waals surface area contributed by atoms with Crippen molar-refractivity contribution in [2.24, 2.45) is 0 Å². The molecule has 2 aromatic carbocycles. The molecule has 2 rings (SSSR count).